The number of aryl methyl sites for hydroxylation is 1. The van der Waals surface area contributed by atoms with E-state index in [1.807, 2.05) is 35.4 Å². The van der Waals surface area contributed by atoms with Gasteiger partial charge in [0.05, 0.1) is 0 Å². The van der Waals surface area contributed by atoms with Crippen LogP contribution in [0.1, 0.15) is 17.9 Å². The van der Waals surface area contributed by atoms with Gasteiger partial charge in [0.1, 0.15) is 0 Å². The molecule has 2 heterocycles. The zero-order valence-corrected chi connectivity index (χ0v) is 14.4. The van der Waals surface area contributed by atoms with Crippen LogP contribution in [-0.2, 0) is 11.3 Å². The van der Waals surface area contributed by atoms with Gasteiger partial charge in [0.25, 0.3) is 0 Å². The smallest absolute Gasteiger partial charge is 0.224 e. The van der Waals surface area contributed by atoms with E-state index in [1.54, 1.807) is 10.9 Å². The number of benzene rings is 1. The van der Waals surface area contributed by atoms with E-state index in [9.17, 15) is 4.79 Å². The number of rotatable bonds is 4. The molecule has 2 atom stereocenters. The maximum Gasteiger partial charge on any atom is 0.224 e. The van der Waals surface area contributed by atoms with E-state index in [0.717, 1.165) is 0 Å². The highest BCUT2D eigenvalue weighted by atomic mass is 35.5. The molecule has 2 N–H and O–H groups in total. The minimum Gasteiger partial charge on any atom is -0.340 e. The van der Waals surface area contributed by atoms with Crippen LogP contribution in [0.5, 0.6) is 0 Å². The Morgan fingerprint density at radius 3 is 2.57 bits per heavy atom. The average molecular weight is 357 g/mol. The first-order valence-electron chi connectivity index (χ1n) is 7.30. The Balaban J connectivity index is 0.00000132. The van der Waals surface area contributed by atoms with Gasteiger partial charge in [-0.25, -0.2) is 0 Å². The van der Waals surface area contributed by atoms with Gasteiger partial charge in [-0.15, -0.1) is 24.8 Å². The molecular weight excluding hydrogens is 335 g/mol. The van der Waals surface area contributed by atoms with Gasteiger partial charge in [-0.1, -0.05) is 30.3 Å². The Morgan fingerprint density at radius 2 is 1.91 bits per heavy atom. The van der Waals surface area contributed by atoms with Crippen molar-refractivity contribution in [1.82, 2.24) is 14.7 Å². The Labute approximate surface area is 148 Å². The summed E-state index contributed by atoms with van der Waals surface area (Å²) in [6.45, 7) is 1.97. The summed E-state index contributed by atoms with van der Waals surface area (Å²) in [5, 5.41) is 4.11. The van der Waals surface area contributed by atoms with Crippen LogP contribution in [0.3, 0.4) is 0 Å². The lowest BCUT2D eigenvalue weighted by Crippen LogP contribution is -2.32. The average Bonchev–Trinajstić information content (AvgIpc) is 3.15. The van der Waals surface area contributed by atoms with E-state index >= 15 is 0 Å². The molecule has 7 heteroatoms. The van der Waals surface area contributed by atoms with Crippen molar-refractivity contribution in [1.29, 1.82) is 0 Å². The molecule has 1 aliphatic rings. The summed E-state index contributed by atoms with van der Waals surface area (Å²) >= 11 is 0. The third kappa shape index (κ3) is 4.70. The highest BCUT2D eigenvalue weighted by Crippen LogP contribution is 2.26. The topological polar surface area (TPSA) is 64.2 Å². The number of hydrogen-bond donors (Lipinski definition) is 1. The van der Waals surface area contributed by atoms with Gasteiger partial charge in [-0.2, -0.15) is 5.10 Å². The fourth-order valence-corrected chi connectivity index (χ4v) is 2.89. The first kappa shape index (κ1) is 19.5. The molecule has 3 rings (SSSR count). The number of halogens is 2. The predicted molar refractivity (Wildman–Crippen MR) is 95.1 cm³/mol. The lowest BCUT2D eigenvalue weighted by Gasteiger charge is -2.16. The summed E-state index contributed by atoms with van der Waals surface area (Å²) in [4.78, 5) is 14.2. The van der Waals surface area contributed by atoms with Gasteiger partial charge in [0.2, 0.25) is 5.91 Å². The fraction of sp³-hybridized carbons (Fsp3) is 0.375. The molecule has 2 aromatic rings. The summed E-state index contributed by atoms with van der Waals surface area (Å²) in [5.41, 5.74) is 7.43. The molecule has 5 nitrogen and oxygen atoms in total. The Kier molecular flexibility index (Phi) is 7.55. The minimum absolute atomic E-state index is 0. The lowest BCUT2D eigenvalue weighted by molar-refractivity contribution is -0.130. The van der Waals surface area contributed by atoms with Crippen molar-refractivity contribution >= 4 is 30.7 Å². The molecular formula is C16H22Cl2N4O. The highest BCUT2D eigenvalue weighted by Gasteiger charge is 2.33. The highest BCUT2D eigenvalue weighted by molar-refractivity contribution is 5.85. The Morgan fingerprint density at radius 1 is 1.17 bits per heavy atom. The van der Waals surface area contributed by atoms with Gasteiger partial charge < -0.3 is 10.6 Å². The lowest BCUT2D eigenvalue weighted by atomic mass is 9.95. The monoisotopic (exact) mass is 356 g/mol. The quantitative estimate of drug-likeness (QED) is 0.911. The van der Waals surface area contributed by atoms with Crippen LogP contribution in [0.4, 0.5) is 0 Å². The fourth-order valence-electron chi connectivity index (χ4n) is 2.89. The number of nitrogens with zero attached hydrogens (tertiary/aromatic N) is 3. The second-order valence-electron chi connectivity index (χ2n) is 5.50. The number of likely N-dealkylation sites (tertiary alicyclic amines) is 1. The van der Waals surface area contributed by atoms with Gasteiger partial charge >= 0.3 is 0 Å². The first-order valence-corrected chi connectivity index (χ1v) is 7.30. The van der Waals surface area contributed by atoms with Crippen LogP contribution in [0.2, 0.25) is 0 Å². The molecule has 0 unspecified atom stereocenters. The molecule has 0 bridgehead atoms. The Hall–Kier alpha value is -1.56. The van der Waals surface area contributed by atoms with E-state index in [1.165, 1.54) is 5.56 Å². The van der Waals surface area contributed by atoms with Crippen molar-refractivity contribution in [3.05, 3.63) is 54.4 Å². The molecule has 1 fully saturated rings. The molecule has 1 saturated heterocycles. The van der Waals surface area contributed by atoms with Crippen LogP contribution in [0.25, 0.3) is 0 Å². The van der Waals surface area contributed by atoms with Crippen molar-refractivity contribution in [2.45, 2.75) is 24.9 Å². The minimum atomic E-state index is 0. The molecule has 1 aromatic heterocycles. The maximum atomic E-state index is 12.3. The van der Waals surface area contributed by atoms with Crippen LogP contribution in [-0.4, -0.2) is 39.7 Å². The SMILES string of the molecule is Cl.Cl.N[C@@H]1CN(C(=O)CCn2cccn2)C[C@H]1c1ccccc1. The van der Waals surface area contributed by atoms with E-state index in [2.05, 4.69) is 17.2 Å². The van der Waals surface area contributed by atoms with Gasteiger partial charge in [-0.05, 0) is 11.6 Å². The molecule has 0 spiro atoms. The van der Waals surface area contributed by atoms with Crippen molar-refractivity contribution in [2.75, 3.05) is 13.1 Å². The predicted octanol–water partition coefficient (Wildman–Crippen LogP) is 2.07. The molecule has 0 aliphatic carbocycles. The summed E-state index contributed by atoms with van der Waals surface area (Å²) in [6.07, 6.45) is 4.06. The van der Waals surface area contributed by atoms with Crippen LogP contribution < -0.4 is 5.73 Å². The molecule has 0 saturated carbocycles. The van der Waals surface area contributed by atoms with E-state index in [-0.39, 0.29) is 42.7 Å². The van der Waals surface area contributed by atoms with Crippen molar-refractivity contribution in [3.8, 4) is 0 Å². The zero-order chi connectivity index (χ0) is 14.7. The summed E-state index contributed by atoms with van der Waals surface area (Å²) < 4.78 is 1.78. The normalized spacial score (nSPS) is 19.8. The summed E-state index contributed by atoms with van der Waals surface area (Å²) in [5.74, 6) is 0.388. The van der Waals surface area contributed by atoms with Crippen molar-refractivity contribution in [2.24, 2.45) is 5.73 Å². The third-order valence-electron chi connectivity index (χ3n) is 4.06. The number of carbonyl (C=O) groups is 1. The number of amides is 1. The van der Waals surface area contributed by atoms with Crippen molar-refractivity contribution in [3.63, 3.8) is 0 Å². The molecule has 23 heavy (non-hydrogen) atoms. The third-order valence-corrected chi connectivity index (χ3v) is 4.06. The molecule has 1 amide bonds. The zero-order valence-electron chi connectivity index (χ0n) is 12.7. The Bertz CT molecular complexity index is 591. The number of hydrogen-bond acceptors (Lipinski definition) is 3. The first-order chi connectivity index (χ1) is 10.2. The van der Waals surface area contributed by atoms with Gasteiger partial charge in [-0.3, -0.25) is 9.48 Å². The largest absolute Gasteiger partial charge is 0.340 e. The second kappa shape index (κ2) is 8.91. The number of carbonyl (C=O) groups excluding carboxylic acids is 1. The molecule has 0 radical (unpaired) electrons. The standard InChI is InChI=1S/C16H20N4O.2ClH/c17-15-12-19(11-14(15)13-5-2-1-3-6-13)16(21)7-10-20-9-4-8-18-20;;/h1-6,8-9,14-15H,7,10-12,17H2;2*1H/t14-,15+;;/m0../s1. The molecule has 126 valence electrons. The van der Waals surface area contributed by atoms with Gasteiger partial charge in [0.15, 0.2) is 0 Å². The number of aromatic nitrogens is 2. The van der Waals surface area contributed by atoms with Crippen LogP contribution in [0.15, 0.2) is 48.8 Å². The van der Waals surface area contributed by atoms with Crippen LogP contribution in [0, 0.1) is 0 Å². The van der Waals surface area contributed by atoms with E-state index in [0.29, 0.717) is 26.1 Å². The van der Waals surface area contributed by atoms with E-state index in [4.69, 9.17) is 5.73 Å². The second-order valence-corrected chi connectivity index (χ2v) is 5.50. The summed E-state index contributed by atoms with van der Waals surface area (Å²) in [7, 11) is 0. The van der Waals surface area contributed by atoms with Crippen LogP contribution >= 0.6 is 24.8 Å². The summed E-state index contributed by atoms with van der Waals surface area (Å²) in [6, 6.07) is 12.1. The molecule has 1 aliphatic heterocycles. The van der Waals surface area contributed by atoms with Crippen molar-refractivity contribution < 1.29 is 4.79 Å². The number of nitrogens with two attached hydrogens (primary N) is 1. The van der Waals surface area contributed by atoms with Gasteiger partial charge in [0, 0.05) is 50.4 Å². The van der Waals surface area contributed by atoms with E-state index < -0.39 is 0 Å². The maximum absolute atomic E-state index is 12.3. The molecule has 1 aromatic carbocycles.